The normalized spacial score (nSPS) is 14.7. The van der Waals surface area contributed by atoms with Crippen LogP contribution in [0.1, 0.15) is 29.1 Å². The summed E-state index contributed by atoms with van der Waals surface area (Å²) in [5, 5.41) is 14.7. The summed E-state index contributed by atoms with van der Waals surface area (Å²) in [5.41, 5.74) is 2.31. The van der Waals surface area contributed by atoms with Crippen molar-refractivity contribution in [3.8, 4) is 16.6 Å². The molecule has 1 saturated heterocycles. The van der Waals surface area contributed by atoms with Gasteiger partial charge in [0.25, 0.3) is 5.56 Å². The topological polar surface area (TPSA) is 87.7 Å². The summed E-state index contributed by atoms with van der Waals surface area (Å²) in [4.78, 5) is 24.4. The second-order valence-corrected chi connectivity index (χ2v) is 8.53. The Hall–Kier alpha value is -3.05. The van der Waals surface area contributed by atoms with Crippen LogP contribution >= 0.6 is 11.3 Å². The summed E-state index contributed by atoms with van der Waals surface area (Å²) in [6.45, 7) is 6.28. The highest BCUT2D eigenvalue weighted by Gasteiger charge is 2.22. The Labute approximate surface area is 173 Å². The minimum atomic E-state index is -0.0709. The van der Waals surface area contributed by atoms with E-state index >= 15 is 0 Å². The number of hydrogen-bond donors (Lipinski definition) is 0. The molecular formula is C21H22N6OS. The molecule has 0 unspecified atom stereocenters. The molecule has 0 spiro atoms. The number of hydrogen-bond acceptors (Lipinski definition) is 7. The van der Waals surface area contributed by atoms with Crippen LogP contribution in [0.5, 0.6) is 0 Å². The van der Waals surface area contributed by atoms with Gasteiger partial charge in [-0.05, 0) is 50.8 Å². The van der Waals surface area contributed by atoms with Crippen LogP contribution in [0.4, 0.5) is 5.82 Å². The van der Waals surface area contributed by atoms with Crippen molar-refractivity contribution in [2.24, 2.45) is 5.92 Å². The van der Waals surface area contributed by atoms with Gasteiger partial charge in [-0.2, -0.15) is 10.4 Å². The molecule has 0 N–H and O–H groups in total. The Bertz CT molecular complexity index is 1120. The number of aromatic nitrogens is 4. The maximum Gasteiger partial charge on any atom is 0.266 e. The third kappa shape index (κ3) is 4.20. The van der Waals surface area contributed by atoms with Crippen LogP contribution in [-0.4, -0.2) is 32.8 Å². The number of thiazole rings is 1. The Balaban J connectivity index is 1.45. The van der Waals surface area contributed by atoms with Crippen LogP contribution in [0.25, 0.3) is 10.6 Å². The van der Waals surface area contributed by atoms with E-state index in [0.29, 0.717) is 18.0 Å². The van der Waals surface area contributed by atoms with E-state index in [4.69, 9.17) is 5.26 Å². The molecule has 0 atom stereocenters. The summed E-state index contributed by atoms with van der Waals surface area (Å²) >= 11 is 1.60. The predicted octanol–water partition coefficient (Wildman–Crippen LogP) is 3.17. The van der Waals surface area contributed by atoms with Crippen LogP contribution in [0.2, 0.25) is 0 Å². The van der Waals surface area contributed by atoms with Gasteiger partial charge >= 0.3 is 0 Å². The van der Waals surface area contributed by atoms with Gasteiger partial charge in [0.1, 0.15) is 11.5 Å². The molecule has 148 valence electrons. The van der Waals surface area contributed by atoms with Gasteiger partial charge < -0.3 is 4.90 Å². The van der Waals surface area contributed by atoms with Crippen molar-refractivity contribution in [3.05, 3.63) is 57.1 Å². The summed E-state index contributed by atoms with van der Waals surface area (Å²) in [6, 6.07) is 9.09. The van der Waals surface area contributed by atoms with Gasteiger partial charge in [-0.25, -0.2) is 14.6 Å². The lowest BCUT2D eigenvalue weighted by Gasteiger charge is -2.32. The fraction of sp³-hybridized carbons (Fsp3) is 0.381. The summed E-state index contributed by atoms with van der Waals surface area (Å²) < 4.78 is 1.60. The molecule has 0 bridgehead atoms. The zero-order valence-electron chi connectivity index (χ0n) is 16.5. The summed E-state index contributed by atoms with van der Waals surface area (Å²) in [5.74, 6) is 1.23. The van der Waals surface area contributed by atoms with Gasteiger partial charge in [-0.15, -0.1) is 11.3 Å². The molecule has 7 nitrogen and oxygen atoms in total. The first-order valence-corrected chi connectivity index (χ1v) is 10.5. The second-order valence-electron chi connectivity index (χ2n) is 7.33. The summed E-state index contributed by atoms with van der Waals surface area (Å²) in [7, 11) is 0. The highest BCUT2D eigenvalue weighted by atomic mass is 32.1. The molecule has 0 saturated carbocycles. The quantitative estimate of drug-likeness (QED) is 0.661. The molecule has 0 aliphatic carbocycles. The van der Waals surface area contributed by atoms with E-state index in [1.54, 1.807) is 40.4 Å². The highest BCUT2D eigenvalue weighted by Crippen LogP contribution is 2.28. The molecule has 0 radical (unpaired) electrons. The van der Waals surface area contributed by atoms with E-state index in [1.165, 1.54) is 0 Å². The van der Waals surface area contributed by atoms with Gasteiger partial charge in [0.05, 0.1) is 27.2 Å². The predicted molar refractivity (Wildman–Crippen MR) is 113 cm³/mol. The van der Waals surface area contributed by atoms with Crippen molar-refractivity contribution >= 4 is 17.2 Å². The maximum atomic E-state index is 12.4. The zero-order chi connectivity index (χ0) is 20.4. The number of pyridine rings is 1. The first-order valence-electron chi connectivity index (χ1n) is 9.67. The molecule has 1 aliphatic heterocycles. The van der Waals surface area contributed by atoms with E-state index in [1.807, 2.05) is 19.9 Å². The number of nitrogens with zero attached hydrogens (tertiary/aromatic N) is 6. The molecule has 3 aromatic rings. The fourth-order valence-corrected chi connectivity index (χ4v) is 4.60. The molecule has 3 aromatic heterocycles. The first-order chi connectivity index (χ1) is 14.0. The summed E-state index contributed by atoms with van der Waals surface area (Å²) in [6.07, 6.45) is 3.59. The van der Waals surface area contributed by atoms with Crippen molar-refractivity contribution < 1.29 is 0 Å². The van der Waals surface area contributed by atoms with Gasteiger partial charge in [0, 0.05) is 31.9 Å². The Morgan fingerprint density at radius 3 is 2.72 bits per heavy atom. The molecule has 0 amide bonds. The molecule has 1 aliphatic rings. The van der Waals surface area contributed by atoms with E-state index in [0.717, 1.165) is 53.0 Å². The fourth-order valence-electron chi connectivity index (χ4n) is 3.72. The minimum Gasteiger partial charge on any atom is -0.357 e. The Kier molecular flexibility index (Phi) is 5.41. The van der Waals surface area contributed by atoms with Crippen molar-refractivity contribution in [3.63, 3.8) is 0 Å². The largest absolute Gasteiger partial charge is 0.357 e. The molecule has 0 aromatic carbocycles. The molecule has 4 rings (SSSR count). The van der Waals surface area contributed by atoms with E-state index in [9.17, 15) is 4.79 Å². The smallest absolute Gasteiger partial charge is 0.266 e. The number of anilines is 1. The lowest BCUT2D eigenvalue weighted by molar-refractivity contribution is 0.335. The van der Waals surface area contributed by atoms with Crippen LogP contribution in [0, 0.1) is 31.1 Å². The number of nitriles is 1. The van der Waals surface area contributed by atoms with Gasteiger partial charge in [0.15, 0.2) is 0 Å². The molecule has 8 heteroatoms. The SMILES string of the molecule is Cc1nc(C)c(-c2ccc(=O)n(CC3CCN(c4cc(C#N)ccn4)CC3)n2)s1. The average Bonchev–Trinajstić information content (AvgIpc) is 3.08. The standard InChI is InChI=1S/C21H22N6OS/c1-14-21(29-15(2)24-14)18-3-4-20(28)27(25-18)13-16-6-9-26(10-7-16)19-11-17(12-22)5-8-23-19/h3-5,8,11,16H,6-7,9-10,13H2,1-2H3. The Morgan fingerprint density at radius 2 is 2.03 bits per heavy atom. The van der Waals surface area contributed by atoms with E-state index in [2.05, 4.69) is 26.0 Å². The first kappa shape index (κ1) is 19.3. The van der Waals surface area contributed by atoms with Gasteiger partial charge in [0.2, 0.25) is 0 Å². The maximum absolute atomic E-state index is 12.4. The molecule has 4 heterocycles. The number of aryl methyl sites for hydroxylation is 2. The molecule has 29 heavy (non-hydrogen) atoms. The Morgan fingerprint density at radius 1 is 1.24 bits per heavy atom. The number of piperidine rings is 1. The van der Waals surface area contributed by atoms with Crippen LogP contribution < -0.4 is 10.5 Å². The third-order valence-corrected chi connectivity index (χ3v) is 6.34. The number of rotatable bonds is 4. The average molecular weight is 407 g/mol. The van der Waals surface area contributed by atoms with Crippen molar-refractivity contribution in [2.45, 2.75) is 33.2 Å². The molecule has 1 fully saturated rings. The van der Waals surface area contributed by atoms with Crippen molar-refractivity contribution in [1.29, 1.82) is 5.26 Å². The van der Waals surface area contributed by atoms with E-state index < -0.39 is 0 Å². The van der Waals surface area contributed by atoms with Gasteiger partial charge in [-0.1, -0.05) is 0 Å². The van der Waals surface area contributed by atoms with Crippen LogP contribution in [0.3, 0.4) is 0 Å². The van der Waals surface area contributed by atoms with Crippen molar-refractivity contribution in [1.82, 2.24) is 19.7 Å². The lowest BCUT2D eigenvalue weighted by Crippen LogP contribution is -2.37. The van der Waals surface area contributed by atoms with E-state index in [-0.39, 0.29) is 5.56 Å². The highest BCUT2D eigenvalue weighted by molar-refractivity contribution is 7.15. The zero-order valence-corrected chi connectivity index (χ0v) is 17.3. The van der Waals surface area contributed by atoms with Crippen LogP contribution in [-0.2, 0) is 6.54 Å². The van der Waals surface area contributed by atoms with Crippen LogP contribution in [0.15, 0.2) is 35.3 Å². The lowest BCUT2D eigenvalue weighted by atomic mass is 9.97. The molecular weight excluding hydrogens is 384 g/mol. The van der Waals surface area contributed by atoms with Gasteiger partial charge in [-0.3, -0.25) is 4.79 Å². The second kappa shape index (κ2) is 8.13. The third-order valence-electron chi connectivity index (χ3n) is 5.25. The minimum absolute atomic E-state index is 0.0709. The van der Waals surface area contributed by atoms with Crippen molar-refractivity contribution in [2.75, 3.05) is 18.0 Å². The monoisotopic (exact) mass is 406 g/mol.